The summed E-state index contributed by atoms with van der Waals surface area (Å²) in [5.74, 6) is 0.706. The maximum absolute atomic E-state index is 4.60. The SMILES string of the molecule is Cn1nc(C2CC2)c2c(Br)cccc21. The highest BCUT2D eigenvalue weighted by atomic mass is 79.9. The standard InChI is InChI=1S/C11H11BrN2/c1-14-9-4-2-3-8(12)10(9)11(13-14)7-5-6-7/h2-4,7H,5-6H2,1H3. The van der Waals surface area contributed by atoms with Crippen molar-refractivity contribution in [1.82, 2.24) is 9.78 Å². The third kappa shape index (κ3) is 1.12. The van der Waals surface area contributed by atoms with Gasteiger partial charge in [-0.05, 0) is 25.0 Å². The molecule has 2 aromatic rings. The number of rotatable bonds is 1. The molecule has 0 bridgehead atoms. The molecule has 1 aromatic carbocycles. The van der Waals surface area contributed by atoms with E-state index in [1.54, 1.807) is 0 Å². The number of fused-ring (bicyclic) bond motifs is 1. The zero-order valence-electron chi connectivity index (χ0n) is 8.00. The Kier molecular flexibility index (Phi) is 1.71. The molecule has 0 N–H and O–H groups in total. The molecule has 0 aliphatic heterocycles. The Hall–Kier alpha value is -0.830. The van der Waals surface area contributed by atoms with Gasteiger partial charge in [0, 0.05) is 22.8 Å². The van der Waals surface area contributed by atoms with Crippen molar-refractivity contribution in [1.29, 1.82) is 0 Å². The van der Waals surface area contributed by atoms with Crippen LogP contribution in [0.4, 0.5) is 0 Å². The highest BCUT2D eigenvalue weighted by molar-refractivity contribution is 9.10. The molecule has 0 amide bonds. The summed E-state index contributed by atoms with van der Waals surface area (Å²) in [5, 5.41) is 5.90. The maximum Gasteiger partial charge on any atom is 0.0745 e. The second kappa shape index (κ2) is 2.83. The van der Waals surface area contributed by atoms with Crippen molar-refractivity contribution in [2.45, 2.75) is 18.8 Å². The summed E-state index contributed by atoms with van der Waals surface area (Å²) >= 11 is 3.60. The largest absolute Gasteiger partial charge is 0.268 e. The van der Waals surface area contributed by atoms with Crippen LogP contribution in [-0.4, -0.2) is 9.78 Å². The van der Waals surface area contributed by atoms with Gasteiger partial charge in [0.15, 0.2) is 0 Å². The lowest BCUT2D eigenvalue weighted by molar-refractivity contribution is 0.767. The molecule has 1 aliphatic carbocycles. The van der Waals surface area contributed by atoms with Gasteiger partial charge in [0.1, 0.15) is 0 Å². The topological polar surface area (TPSA) is 17.8 Å². The molecule has 3 heteroatoms. The molecule has 1 heterocycles. The van der Waals surface area contributed by atoms with Crippen LogP contribution in [0.15, 0.2) is 22.7 Å². The number of halogens is 1. The van der Waals surface area contributed by atoms with Crippen LogP contribution in [0.3, 0.4) is 0 Å². The number of benzene rings is 1. The number of hydrogen-bond donors (Lipinski definition) is 0. The summed E-state index contributed by atoms with van der Waals surface area (Å²) in [7, 11) is 2.01. The minimum absolute atomic E-state index is 0.706. The van der Waals surface area contributed by atoms with Crippen LogP contribution < -0.4 is 0 Å². The van der Waals surface area contributed by atoms with Gasteiger partial charge in [-0.2, -0.15) is 5.10 Å². The summed E-state index contributed by atoms with van der Waals surface area (Å²) in [6.45, 7) is 0. The van der Waals surface area contributed by atoms with Gasteiger partial charge in [0.05, 0.1) is 11.2 Å². The molecular formula is C11H11BrN2. The number of nitrogens with zero attached hydrogens (tertiary/aromatic N) is 2. The summed E-state index contributed by atoms with van der Waals surface area (Å²) in [6, 6.07) is 6.28. The van der Waals surface area contributed by atoms with Crippen molar-refractivity contribution < 1.29 is 0 Å². The molecule has 0 atom stereocenters. The molecule has 14 heavy (non-hydrogen) atoms. The Bertz CT molecular complexity index is 497. The molecule has 0 saturated heterocycles. The van der Waals surface area contributed by atoms with E-state index in [1.165, 1.54) is 33.9 Å². The van der Waals surface area contributed by atoms with Crippen LogP contribution in [0.1, 0.15) is 24.5 Å². The lowest BCUT2D eigenvalue weighted by Gasteiger charge is -1.96. The minimum atomic E-state index is 0.706. The average Bonchev–Trinajstić information content (AvgIpc) is 2.94. The molecule has 72 valence electrons. The van der Waals surface area contributed by atoms with E-state index < -0.39 is 0 Å². The Morgan fingerprint density at radius 3 is 2.93 bits per heavy atom. The third-order valence-electron chi connectivity index (χ3n) is 2.82. The van der Waals surface area contributed by atoms with Crippen LogP contribution in [0, 0.1) is 0 Å². The van der Waals surface area contributed by atoms with Crippen LogP contribution in [0.2, 0.25) is 0 Å². The van der Waals surface area contributed by atoms with Gasteiger partial charge in [-0.3, -0.25) is 4.68 Å². The smallest absolute Gasteiger partial charge is 0.0745 e. The van der Waals surface area contributed by atoms with E-state index in [9.17, 15) is 0 Å². The Labute approximate surface area is 91.0 Å². The fourth-order valence-electron chi connectivity index (χ4n) is 1.94. The molecule has 0 unspecified atom stereocenters. The van der Waals surface area contributed by atoms with Crippen LogP contribution >= 0.6 is 15.9 Å². The first kappa shape index (κ1) is 8.48. The van der Waals surface area contributed by atoms with E-state index in [0.29, 0.717) is 5.92 Å². The molecular weight excluding hydrogens is 240 g/mol. The van der Waals surface area contributed by atoms with Crippen LogP contribution in [0.25, 0.3) is 10.9 Å². The minimum Gasteiger partial charge on any atom is -0.268 e. The molecule has 2 nitrogen and oxygen atoms in total. The first-order valence-electron chi connectivity index (χ1n) is 4.88. The zero-order chi connectivity index (χ0) is 9.71. The summed E-state index contributed by atoms with van der Waals surface area (Å²) in [5.41, 5.74) is 2.50. The highest BCUT2D eigenvalue weighted by Crippen LogP contribution is 2.43. The predicted octanol–water partition coefficient (Wildman–Crippen LogP) is 3.21. The summed E-state index contributed by atoms with van der Waals surface area (Å²) in [6.07, 6.45) is 2.60. The van der Waals surface area contributed by atoms with E-state index in [0.717, 1.165) is 0 Å². The molecule has 1 aliphatic rings. The molecule has 0 radical (unpaired) electrons. The number of aromatic nitrogens is 2. The second-order valence-corrected chi connectivity index (χ2v) is 4.77. The predicted molar refractivity (Wildman–Crippen MR) is 60.4 cm³/mol. The highest BCUT2D eigenvalue weighted by Gasteiger charge is 2.29. The van der Waals surface area contributed by atoms with Gasteiger partial charge < -0.3 is 0 Å². The molecule has 1 aromatic heterocycles. The molecule has 0 spiro atoms. The van der Waals surface area contributed by atoms with Gasteiger partial charge in [-0.1, -0.05) is 22.0 Å². The van der Waals surface area contributed by atoms with E-state index >= 15 is 0 Å². The van der Waals surface area contributed by atoms with Crippen molar-refractivity contribution in [3.63, 3.8) is 0 Å². The number of hydrogen-bond acceptors (Lipinski definition) is 1. The van der Waals surface area contributed by atoms with Gasteiger partial charge >= 0.3 is 0 Å². The van der Waals surface area contributed by atoms with Gasteiger partial charge in [0.2, 0.25) is 0 Å². The number of aryl methyl sites for hydroxylation is 1. The third-order valence-corrected chi connectivity index (χ3v) is 3.48. The molecule has 1 saturated carbocycles. The quantitative estimate of drug-likeness (QED) is 0.760. The fourth-order valence-corrected chi connectivity index (χ4v) is 2.50. The van der Waals surface area contributed by atoms with Crippen molar-refractivity contribution in [2.24, 2.45) is 7.05 Å². The van der Waals surface area contributed by atoms with Crippen molar-refractivity contribution in [3.8, 4) is 0 Å². The maximum atomic E-state index is 4.60. The Balaban J connectivity index is 2.39. The lowest BCUT2D eigenvalue weighted by Crippen LogP contribution is -1.90. The second-order valence-electron chi connectivity index (χ2n) is 3.92. The summed E-state index contributed by atoms with van der Waals surface area (Å²) in [4.78, 5) is 0. The average molecular weight is 251 g/mol. The Morgan fingerprint density at radius 1 is 1.43 bits per heavy atom. The zero-order valence-corrected chi connectivity index (χ0v) is 9.58. The summed E-state index contributed by atoms with van der Waals surface area (Å²) < 4.78 is 3.15. The van der Waals surface area contributed by atoms with Crippen LogP contribution in [-0.2, 0) is 7.05 Å². The van der Waals surface area contributed by atoms with Gasteiger partial charge in [-0.25, -0.2) is 0 Å². The first-order valence-corrected chi connectivity index (χ1v) is 5.68. The fraction of sp³-hybridized carbons (Fsp3) is 0.364. The van der Waals surface area contributed by atoms with E-state index in [1.807, 2.05) is 11.7 Å². The van der Waals surface area contributed by atoms with Gasteiger partial charge in [0.25, 0.3) is 0 Å². The monoisotopic (exact) mass is 250 g/mol. The van der Waals surface area contributed by atoms with Crippen molar-refractivity contribution in [3.05, 3.63) is 28.4 Å². The van der Waals surface area contributed by atoms with E-state index in [4.69, 9.17) is 0 Å². The van der Waals surface area contributed by atoms with Crippen LogP contribution in [0.5, 0.6) is 0 Å². The van der Waals surface area contributed by atoms with Crippen molar-refractivity contribution in [2.75, 3.05) is 0 Å². The van der Waals surface area contributed by atoms with E-state index in [-0.39, 0.29) is 0 Å². The lowest BCUT2D eigenvalue weighted by atomic mass is 10.1. The normalized spacial score (nSPS) is 16.4. The molecule has 3 rings (SSSR count). The first-order chi connectivity index (χ1) is 6.77. The van der Waals surface area contributed by atoms with Gasteiger partial charge in [-0.15, -0.1) is 0 Å². The Morgan fingerprint density at radius 2 is 2.21 bits per heavy atom. The van der Waals surface area contributed by atoms with Crippen molar-refractivity contribution >= 4 is 26.8 Å². The van der Waals surface area contributed by atoms with E-state index in [2.05, 4.69) is 39.2 Å². The molecule has 1 fully saturated rings.